The van der Waals surface area contributed by atoms with Crippen molar-refractivity contribution in [1.82, 2.24) is 5.32 Å². The molecule has 0 aliphatic heterocycles. The van der Waals surface area contributed by atoms with Gasteiger partial charge in [-0.1, -0.05) is 0 Å². The number of amides is 1. The maximum absolute atomic E-state index is 10.2. The molecule has 0 unspecified atom stereocenters. The smallest absolute Gasteiger partial charge is 0.235 e. The summed E-state index contributed by atoms with van der Waals surface area (Å²) in [6, 6.07) is 0. The summed E-state index contributed by atoms with van der Waals surface area (Å²) in [6.07, 6.45) is 0.602. The molecule has 0 saturated carbocycles. The summed E-state index contributed by atoms with van der Waals surface area (Å²) < 4.78 is 0. The lowest BCUT2D eigenvalue weighted by atomic mass is 10.6. The van der Waals surface area contributed by atoms with Crippen molar-refractivity contribution in [2.75, 3.05) is 12.4 Å². The van der Waals surface area contributed by atoms with Crippen LogP contribution in [-0.4, -0.2) is 24.6 Å². The molecule has 0 spiro atoms. The van der Waals surface area contributed by atoms with Crippen LogP contribution in [0.15, 0.2) is 13.2 Å². The summed E-state index contributed by atoms with van der Waals surface area (Å²) in [7, 11) is 0. The maximum atomic E-state index is 10.2. The van der Waals surface area contributed by atoms with E-state index in [1.165, 1.54) is 0 Å². The number of carbonyl (C=O) groups excluding carboxylic acids is 2. The van der Waals surface area contributed by atoms with Crippen molar-refractivity contribution in [3.8, 4) is 0 Å². The molecule has 0 radical (unpaired) electrons. The second-order valence-electron chi connectivity index (χ2n) is 1.10. The van der Waals surface area contributed by atoms with Gasteiger partial charge in [-0.25, -0.2) is 0 Å². The van der Waals surface area contributed by atoms with E-state index < -0.39 is 0 Å². The van der Waals surface area contributed by atoms with Crippen molar-refractivity contribution < 1.29 is 9.59 Å². The minimum absolute atomic E-state index is 0. The molecule has 0 aromatic heterocycles. The van der Waals surface area contributed by atoms with Gasteiger partial charge in [-0.2, -0.15) is 0 Å². The van der Waals surface area contributed by atoms with E-state index in [4.69, 9.17) is 11.6 Å². The van der Waals surface area contributed by atoms with Crippen LogP contribution in [0.5, 0.6) is 0 Å². The Bertz CT molecular complexity index is 111. The van der Waals surface area contributed by atoms with Gasteiger partial charge in [-0.3, -0.25) is 4.79 Å². The quantitative estimate of drug-likeness (QED) is 0.454. The number of nitrogens with one attached hydrogen (secondary N) is 1. The van der Waals surface area contributed by atoms with E-state index in [9.17, 15) is 9.59 Å². The number of halogens is 3. The van der Waals surface area contributed by atoms with Gasteiger partial charge in [0.1, 0.15) is 12.2 Å². The molecule has 0 heterocycles. The van der Waals surface area contributed by atoms with Crippen LogP contribution in [0, 0.1) is 0 Å². The lowest BCUT2D eigenvalue weighted by Gasteiger charge is -1.91. The molecule has 3 nitrogen and oxygen atoms in total. The summed E-state index contributed by atoms with van der Waals surface area (Å²) in [4.78, 5) is 19.7. The van der Waals surface area contributed by atoms with E-state index >= 15 is 0 Å². The average Bonchev–Trinajstić information content (AvgIpc) is 2.04. The Balaban J connectivity index is -0.0000000740. The molecule has 0 aromatic rings. The Hall–Kier alpha value is -0.250. The van der Waals surface area contributed by atoms with Crippen LogP contribution >= 0.6 is 36.4 Å². The highest BCUT2D eigenvalue weighted by molar-refractivity contribution is 6.27. The third-order valence-electron chi connectivity index (χ3n) is 0.504. The molecule has 0 fully saturated rings. The first-order valence-electron chi connectivity index (χ1n) is 2.57. The van der Waals surface area contributed by atoms with E-state index in [-0.39, 0.29) is 43.1 Å². The highest BCUT2D eigenvalue weighted by Gasteiger charge is 1.92. The van der Waals surface area contributed by atoms with Gasteiger partial charge < -0.3 is 10.1 Å². The highest BCUT2D eigenvalue weighted by Crippen LogP contribution is 1.70. The predicted octanol–water partition coefficient (Wildman–Crippen LogP) is 1.19. The molecular weight excluding hydrogens is 224 g/mol. The number of aldehydes is 1. The summed E-state index contributed by atoms with van der Waals surface area (Å²) in [5.74, 6) is -0.410. The predicted molar refractivity (Wildman–Crippen MR) is 55.5 cm³/mol. The summed E-state index contributed by atoms with van der Waals surface area (Å²) in [5, 5.41) is 2.24. The van der Waals surface area contributed by atoms with Crippen LogP contribution in [0.25, 0.3) is 0 Å². The van der Waals surface area contributed by atoms with Gasteiger partial charge in [0.15, 0.2) is 0 Å². The molecule has 6 heteroatoms. The Labute approximate surface area is 89.4 Å². The third-order valence-corrected chi connectivity index (χ3v) is 0.747. The zero-order valence-corrected chi connectivity index (χ0v) is 8.81. The SMILES string of the molecule is C=C.Cl.Cl.O=CCNC(=O)CCl. The van der Waals surface area contributed by atoms with Crippen molar-refractivity contribution in [2.45, 2.75) is 0 Å². The Kier molecular flexibility index (Phi) is 42.3. The third kappa shape index (κ3) is 22.6. The van der Waals surface area contributed by atoms with Gasteiger partial charge in [0, 0.05) is 0 Å². The fourth-order valence-electron chi connectivity index (χ4n) is 0.203. The topological polar surface area (TPSA) is 46.2 Å². The first-order chi connectivity index (χ1) is 4.81. The van der Waals surface area contributed by atoms with Crippen LogP contribution < -0.4 is 5.32 Å². The first kappa shape index (κ1) is 22.6. The zero-order chi connectivity index (χ0) is 8.41. The normalized spacial score (nSPS) is 5.75. The lowest BCUT2D eigenvalue weighted by Crippen LogP contribution is -2.25. The second-order valence-corrected chi connectivity index (χ2v) is 1.37. The molecule has 0 saturated heterocycles. The van der Waals surface area contributed by atoms with Gasteiger partial charge in [-0.05, 0) is 0 Å². The van der Waals surface area contributed by atoms with Gasteiger partial charge in [0.05, 0.1) is 6.54 Å². The van der Waals surface area contributed by atoms with Crippen LogP contribution in [0.4, 0.5) is 0 Å². The van der Waals surface area contributed by atoms with Crippen molar-refractivity contribution in [3.63, 3.8) is 0 Å². The highest BCUT2D eigenvalue weighted by atomic mass is 35.5. The van der Waals surface area contributed by atoms with E-state index in [1.807, 2.05) is 0 Å². The standard InChI is InChI=1S/C4H6ClNO2.C2H4.2ClH/c5-3-4(8)6-1-2-7;1-2;;/h2H,1,3H2,(H,6,8);1-2H2;2*1H. The van der Waals surface area contributed by atoms with E-state index in [1.54, 1.807) is 0 Å². The summed E-state index contributed by atoms with van der Waals surface area (Å²) in [5.41, 5.74) is 0. The average molecular weight is 237 g/mol. The minimum atomic E-state index is -0.321. The van der Waals surface area contributed by atoms with Gasteiger partial charge >= 0.3 is 0 Å². The van der Waals surface area contributed by atoms with Gasteiger partial charge in [0.2, 0.25) is 5.91 Å². The number of alkyl halides is 1. The lowest BCUT2D eigenvalue weighted by molar-refractivity contribution is -0.120. The van der Waals surface area contributed by atoms with E-state index in [2.05, 4.69) is 18.5 Å². The Morgan fingerprint density at radius 2 is 1.83 bits per heavy atom. The van der Waals surface area contributed by atoms with Crippen LogP contribution in [0.3, 0.4) is 0 Å². The second kappa shape index (κ2) is 22.4. The molecule has 0 aliphatic carbocycles. The molecule has 0 aromatic carbocycles. The summed E-state index contributed by atoms with van der Waals surface area (Å²) >= 11 is 5.06. The first-order valence-corrected chi connectivity index (χ1v) is 3.11. The molecular formula is C6H12Cl3NO2. The Morgan fingerprint density at radius 3 is 2.08 bits per heavy atom. The maximum Gasteiger partial charge on any atom is 0.235 e. The molecule has 1 amide bonds. The largest absolute Gasteiger partial charge is 0.348 e. The van der Waals surface area contributed by atoms with Crippen LogP contribution in [0.2, 0.25) is 0 Å². The molecule has 0 rings (SSSR count). The number of hydrogen-bond donors (Lipinski definition) is 1. The Morgan fingerprint density at radius 1 is 1.42 bits per heavy atom. The molecule has 12 heavy (non-hydrogen) atoms. The minimum Gasteiger partial charge on any atom is -0.348 e. The van der Waals surface area contributed by atoms with Gasteiger partial charge in [-0.15, -0.1) is 49.6 Å². The van der Waals surface area contributed by atoms with Crippen molar-refractivity contribution in [3.05, 3.63) is 13.2 Å². The number of hydrogen-bond acceptors (Lipinski definition) is 2. The van der Waals surface area contributed by atoms with Gasteiger partial charge in [0.25, 0.3) is 0 Å². The molecule has 74 valence electrons. The number of rotatable bonds is 3. The molecule has 0 atom stereocenters. The number of carbonyl (C=O) groups is 2. The fraction of sp³-hybridized carbons (Fsp3) is 0.333. The molecule has 0 bridgehead atoms. The summed E-state index contributed by atoms with van der Waals surface area (Å²) in [6.45, 7) is 6.05. The molecule has 1 N–H and O–H groups in total. The van der Waals surface area contributed by atoms with Crippen LogP contribution in [-0.2, 0) is 9.59 Å². The van der Waals surface area contributed by atoms with E-state index in [0.717, 1.165) is 0 Å². The monoisotopic (exact) mass is 235 g/mol. The molecule has 0 aliphatic rings. The fourth-order valence-corrected chi connectivity index (χ4v) is 0.297. The zero-order valence-electron chi connectivity index (χ0n) is 6.42. The van der Waals surface area contributed by atoms with Crippen molar-refractivity contribution in [2.24, 2.45) is 0 Å². The van der Waals surface area contributed by atoms with Crippen LogP contribution in [0.1, 0.15) is 0 Å². The van der Waals surface area contributed by atoms with E-state index in [0.29, 0.717) is 6.29 Å². The van der Waals surface area contributed by atoms with Crippen molar-refractivity contribution in [1.29, 1.82) is 0 Å². The van der Waals surface area contributed by atoms with Crippen molar-refractivity contribution >= 4 is 48.6 Å².